The zero-order valence-electron chi connectivity index (χ0n) is 12.3. The third-order valence-corrected chi connectivity index (χ3v) is 2.90. The third kappa shape index (κ3) is 4.38. The van der Waals surface area contributed by atoms with Gasteiger partial charge in [0.05, 0.1) is 0 Å². The molecule has 0 aliphatic rings. The van der Waals surface area contributed by atoms with Crippen LogP contribution in [-0.4, -0.2) is 49.5 Å². The van der Waals surface area contributed by atoms with Crippen molar-refractivity contribution in [1.82, 2.24) is 24.7 Å². The Morgan fingerprint density at radius 2 is 2.00 bits per heavy atom. The van der Waals surface area contributed by atoms with Gasteiger partial charge in [-0.3, -0.25) is 0 Å². The summed E-state index contributed by atoms with van der Waals surface area (Å²) >= 11 is 0. The molecule has 8 nitrogen and oxygen atoms in total. The molecule has 0 fully saturated rings. The summed E-state index contributed by atoms with van der Waals surface area (Å²) in [5.74, 6) is 1.80. The van der Waals surface area contributed by atoms with Gasteiger partial charge < -0.3 is 15.7 Å². The fourth-order valence-electron chi connectivity index (χ4n) is 1.76. The number of nitrogens with zero attached hydrogens (tertiary/aromatic N) is 5. The van der Waals surface area contributed by atoms with Gasteiger partial charge in [0.2, 0.25) is 11.9 Å². The van der Waals surface area contributed by atoms with E-state index in [0.717, 1.165) is 13.0 Å². The monoisotopic (exact) mass is 291 g/mol. The summed E-state index contributed by atoms with van der Waals surface area (Å²) in [6.07, 6.45) is 4.19. The topological polar surface area (TPSA) is 101 Å². The summed E-state index contributed by atoms with van der Waals surface area (Å²) in [5.41, 5.74) is 0. The van der Waals surface area contributed by atoms with Gasteiger partial charge in [-0.25, -0.2) is 4.68 Å². The Kier molecular flexibility index (Phi) is 5.44. The van der Waals surface area contributed by atoms with E-state index in [0.29, 0.717) is 30.3 Å². The molecule has 2 heterocycles. The number of rotatable bonds is 8. The van der Waals surface area contributed by atoms with Crippen LogP contribution in [0, 0.1) is 5.92 Å². The highest BCUT2D eigenvalue weighted by molar-refractivity contribution is 5.37. The fraction of sp³-hybridized carbons (Fsp3) is 0.538. The van der Waals surface area contributed by atoms with E-state index in [-0.39, 0.29) is 6.61 Å². The Balaban J connectivity index is 2.16. The summed E-state index contributed by atoms with van der Waals surface area (Å²) in [6, 6.07) is 1.81. The number of aliphatic hydroxyl groups excluding tert-OH is 1. The molecule has 0 radical (unpaired) electrons. The summed E-state index contributed by atoms with van der Waals surface area (Å²) < 4.78 is 1.59. The Bertz CT molecular complexity index is 543. The first kappa shape index (κ1) is 15.2. The van der Waals surface area contributed by atoms with Crippen molar-refractivity contribution in [2.24, 2.45) is 5.92 Å². The molecule has 0 aliphatic heterocycles. The number of anilines is 2. The first-order valence-electron chi connectivity index (χ1n) is 7.07. The normalized spacial score (nSPS) is 12.1. The van der Waals surface area contributed by atoms with Crippen LogP contribution in [0.1, 0.15) is 20.3 Å². The lowest BCUT2D eigenvalue weighted by Gasteiger charge is -2.12. The van der Waals surface area contributed by atoms with E-state index in [9.17, 15) is 0 Å². The van der Waals surface area contributed by atoms with Crippen LogP contribution < -0.4 is 10.6 Å². The number of hydrogen-bond acceptors (Lipinski definition) is 7. The van der Waals surface area contributed by atoms with Gasteiger partial charge >= 0.3 is 0 Å². The van der Waals surface area contributed by atoms with Crippen LogP contribution in [0.3, 0.4) is 0 Å². The first-order valence-corrected chi connectivity index (χ1v) is 7.07. The Hall–Kier alpha value is -2.22. The quantitative estimate of drug-likeness (QED) is 0.664. The van der Waals surface area contributed by atoms with Gasteiger partial charge in [0.25, 0.3) is 5.95 Å². The third-order valence-electron chi connectivity index (χ3n) is 2.90. The molecule has 8 heteroatoms. The van der Waals surface area contributed by atoms with Crippen molar-refractivity contribution in [3.05, 3.63) is 18.5 Å². The Morgan fingerprint density at radius 3 is 2.62 bits per heavy atom. The van der Waals surface area contributed by atoms with Crippen molar-refractivity contribution >= 4 is 11.9 Å². The van der Waals surface area contributed by atoms with Crippen LogP contribution in [0.25, 0.3) is 5.95 Å². The maximum Gasteiger partial charge on any atom is 0.257 e. The number of hydrogen-bond donors (Lipinski definition) is 3. The smallest absolute Gasteiger partial charge is 0.257 e. The molecule has 2 aromatic heterocycles. The number of aromatic nitrogens is 5. The van der Waals surface area contributed by atoms with Gasteiger partial charge in [-0.05, 0) is 25.3 Å². The van der Waals surface area contributed by atoms with Crippen molar-refractivity contribution in [3.63, 3.8) is 0 Å². The molecular weight excluding hydrogens is 270 g/mol. The van der Waals surface area contributed by atoms with Gasteiger partial charge in [-0.15, -0.1) is 0 Å². The summed E-state index contributed by atoms with van der Waals surface area (Å²) in [7, 11) is 0. The number of nitrogens with one attached hydrogen (secondary N) is 2. The minimum atomic E-state index is 0.182. The summed E-state index contributed by atoms with van der Waals surface area (Å²) in [4.78, 5) is 13.0. The molecule has 0 bridgehead atoms. The van der Waals surface area contributed by atoms with Crippen LogP contribution in [-0.2, 0) is 0 Å². The van der Waals surface area contributed by atoms with E-state index in [1.807, 2.05) is 13.0 Å². The van der Waals surface area contributed by atoms with E-state index in [4.69, 9.17) is 5.11 Å². The molecule has 114 valence electrons. The average molecular weight is 291 g/mol. The van der Waals surface area contributed by atoms with Gasteiger partial charge in [-0.2, -0.15) is 20.1 Å². The van der Waals surface area contributed by atoms with Gasteiger partial charge in [0.1, 0.15) is 0 Å². The molecule has 0 aliphatic carbocycles. The molecule has 0 amide bonds. The van der Waals surface area contributed by atoms with Crippen molar-refractivity contribution in [2.75, 3.05) is 30.3 Å². The lowest BCUT2D eigenvalue weighted by atomic mass is 10.1. The predicted octanol–water partition coefficient (Wildman–Crippen LogP) is 0.919. The van der Waals surface area contributed by atoms with Crippen LogP contribution in [0.2, 0.25) is 0 Å². The van der Waals surface area contributed by atoms with E-state index < -0.39 is 0 Å². The predicted molar refractivity (Wildman–Crippen MR) is 80.5 cm³/mol. The minimum Gasteiger partial charge on any atom is -0.396 e. The van der Waals surface area contributed by atoms with Crippen molar-refractivity contribution < 1.29 is 5.11 Å². The molecule has 21 heavy (non-hydrogen) atoms. The van der Waals surface area contributed by atoms with Gasteiger partial charge in [0.15, 0.2) is 0 Å². The molecule has 3 N–H and O–H groups in total. The molecule has 0 saturated carbocycles. The van der Waals surface area contributed by atoms with Crippen LogP contribution >= 0.6 is 0 Å². The lowest BCUT2D eigenvalue weighted by Crippen LogP contribution is -2.17. The van der Waals surface area contributed by atoms with Crippen molar-refractivity contribution in [3.8, 4) is 5.95 Å². The largest absolute Gasteiger partial charge is 0.396 e. The highest BCUT2D eigenvalue weighted by Gasteiger charge is 2.09. The lowest BCUT2D eigenvalue weighted by molar-refractivity contribution is 0.265. The second-order valence-electron chi connectivity index (χ2n) is 4.76. The van der Waals surface area contributed by atoms with E-state index in [1.54, 1.807) is 17.1 Å². The Labute approximate surface area is 123 Å². The average Bonchev–Trinajstić information content (AvgIpc) is 3.00. The highest BCUT2D eigenvalue weighted by atomic mass is 16.3. The van der Waals surface area contributed by atoms with Crippen molar-refractivity contribution in [1.29, 1.82) is 0 Å². The second-order valence-corrected chi connectivity index (χ2v) is 4.76. The highest BCUT2D eigenvalue weighted by Crippen LogP contribution is 2.10. The van der Waals surface area contributed by atoms with E-state index >= 15 is 0 Å². The standard InChI is InChI=1S/C13H21N7O/c1-3-14-11-17-12(15-9-10(2)5-8-21)19-13(18-11)20-7-4-6-16-20/h4,6-7,10,21H,3,5,8-9H2,1-2H3,(H2,14,15,17,18,19). The molecule has 1 atom stereocenters. The maximum absolute atomic E-state index is 8.93. The van der Waals surface area contributed by atoms with Crippen LogP contribution in [0.5, 0.6) is 0 Å². The molecule has 0 spiro atoms. The SMILES string of the molecule is CCNc1nc(NCC(C)CCO)nc(-n2cccn2)n1. The minimum absolute atomic E-state index is 0.182. The van der Waals surface area contributed by atoms with Crippen molar-refractivity contribution in [2.45, 2.75) is 20.3 Å². The molecule has 2 aromatic rings. The van der Waals surface area contributed by atoms with E-state index in [1.165, 1.54) is 0 Å². The molecular formula is C13H21N7O. The maximum atomic E-state index is 8.93. The van der Waals surface area contributed by atoms with E-state index in [2.05, 4.69) is 37.6 Å². The summed E-state index contributed by atoms with van der Waals surface area (Å²) in [5, 5.41) is 19.3. The molecule has 0 aromatic carbocycles. The van der Waals surface area contributed by atoms with Crippen LogP contribution in [0.15, 0.2) is 18.5 Å². The molecule has 1 unspecified atom stereocenters. The first-order chi connectivity index (χ1) is 10.2. The number of aliphatic hydroxyl groups is 1. The zero-order chi connectivity index (χ0) is 15.1. The zero-order valence-corrected chi connectivity index (χ0v) is 12.3. The van der Waals surface area contributed by atoms with Crippen LogP contribution in [0.4, 0.5) is 11.9 Å². The van der Waals surface area contributed by atoms with Gasteiger partial charge in [0, 0.05) is 32.1 Å². The molecule has 2 rings (SSSR count). The fourth-order valence-corrected chi connectivity index (χ4v) is 1.76. The Morgan fingerprint density at radius 1 is 1.24 bits per heavy atom. The second kappa shape index (κ2) is 7.53. The van der Waals surface area contributed by atoms with Gasteiger partial charge in [-0.1, -0.05) is 6.92 Å². The molecule has 0 saturated heterocycles. The summed E-state index contributed by atoms with van der Waals surface area (Å²) in [6.45, 7) is 5.64.